The Morgan fingerprint density at radius 1 is 1.28 bits per heavy atom. The van der Waals surface area contributed by atoms with E-state index < -0.39 is 0 Å². The highest BCUT2D eigenvalue weighted by Crippen LogP contribution is 2.18. The van der Waals surface area contributed by atoms with Gasteiger partial charge in [0.05, 0.1) is 17.0 Å². The standard InChI is InChI=1S/C19H26N4O2/c1-3-22-13-14(9-10-18(22)24)19(25)20-12-11-17-21-15-7-5-6-8-16(15)23(17)4-2/h5-8,14H,3-4,9-13H2,1-2H3,(H,20,25)/t14-/m1/s1. The summed E-state index contributed by atoms with van der Waals surface area (Å²) in [5.74, 6) is 1.11. The lowest BCUT2D eigenvalue weighted by Gasteiger charge is -2.31. The Balaban J connectivity index is 1.58. The van der Waals surface area contributed by atoms with Crippen molar-refractivity contribution >= 4 is 22.8 Å². The van der Waals surface area contributed by atoms with E-state index in [-0.39, 0.29) is 17.7 Å². The summed E-state index contributed by atoms with van der Waals surface area (Å²) in [4.78, 5) is 30.6. The third-order valence-corrected chi connectivity index (χ3v) is 4.95. The van der Waals surface area contributed by atoms with Crippen molar-refractivity contribution in [1.82, 2.24) is 19.8 Å². The van der Waals surface area contributed by atoms with Gasteiger partial charge in [0.2, 0.25) is 11.8 Å². The summed E-state index contributed by atoms with van der Waals surface area (Å²) in [5, 5.41) is 3.03. The molecule has 1 aromatic carbocycles. The average Bonchev–Trinajstić information content (AvgIpc) is 2.99. The number of imidazole rings is 1. The van der Waals surface area contributed by atoms with Crippen molar-refractivity contribution in [2.24, 2.45) is 5.92 Å². The van der Waals surface area contributed by atoms with Crippen molar-refractivity contribution in [1.29, 1.82) is 0 Å². The Bertz CT molecular complexity index is 768. The van der Waals surface area contributed by atoms with Gasteiger partial charge in [-0.05, 0) is 32.4 Å². The molecule has 1 aromatic heterocycles. The molecular weight excluding hydrogens is 316 g/mol. The number of likely N-dealkylation sites (tertiary alicyclic amines) is 1. The predicted octanol–water partition coefficient (Wildman–Crippen LogP) is 1.97. The largest absolute Gasteiger partial charge is 0.355 e. The first-order valence-electron chi connectivity index (χ1n) is 9.13. The number of aryl methyl sites for hydroxylation is 1. The maximum absolute atomic E-state index is 12.4. The first-order chi connectivity index (χ1) is 12.1. The number of para-hydroxylation sites is 2. The summed E-state index contributed by atoms with van der Waals surface area (Å²) in [6, 6.07) is 8.10. The number of piperidine rings is 1. The highest BCUT2D eigenvalue weighted by atomic mass is 16.2. The molecule has 3 rings (SSSR count). The first-order valence-corrected chi connectivity index (χ1v) is 9.13. The van der Waals surface area contributed by atoms with Crippen LogP contribution in [0.5, 0.6) is 0 Å². The fourth-order valence-electron chi connectivity index (χ4n) is 3.55. The quantitative estimate of drug-likeness (QED) is 0.873. The number of aromatic nitrogens is 2. The number of rotatable bonds is 6. The monoisotopic (exact) mass is 342 g/mol. The molecule has 6 heteroatoms. The van der Waals surface area contributed by atoms with Gasteiger partial charge in [0.1, 0.15) is 5.82 Å². The van der Waals surface area contributed by atoms with Crippen LogP contribution in [0, 0.1) is 5.92 Å². The number of nitrogens with zero attached hydrogens (tertiary/aromatic N) is 3. The number of hydrogen-bond donors (Lipinski definition) is 1. The van der Waals surface area contributed by atoms with Gasteiger partial charge in [-0.2, -0.15) is 0 Å². The molecule has 1 fully saturated rings. The van der Waals surface area contributed by atoms with Crippen LogP contribution in [0.2, 0.25) is 0 Å². The van der Waals surface area contributed by atoms with E-state index in [0.717, 1.165) is 23.4 Å². The second-order valence-electron chi connectivity index (χ2n) is 6.47. The van der Waals surface area contributed by atoms with E-state index in [9.17, 15) is 9.59 Å². The highest BCUT2D eigenvalue weighted by Gasteiger charge is 2.29. The summed E-state index contributed by atoms with van der Waals surface area (Å²) in [7, 11) is 0. The molecule has 1 aliphatic heterocycles. The molecule has 1 N–H and O–H groups in total. The van der Waals surface area contributed by atoms with E-state index >= 15 is 0 Å². The molecule has 2 amide bonds. The molecule has 2 aromatic rings. The van der Waals surface area contributed by atoms with Gasteiger partial charge < -0.3 is 14.8 Å². The minimum Gasteiger partial charge on any atom is -0.355 e. The van der Waals surface area contributed by atoms with Crippen LogP contribution in [-0.2, 0) is 22.6 Å². The van der Waals surface area contributed by atoms with Crippen LogP contribution in [0.25, 0.3) is 11.0 Å². The van der Waals surface area contributed by atoms with Gasteiger partial charge in [-0.3, -0.25) is 9.59 Å². The summed E-state index contributed by atoms with van der Waals surface area (Å²) in [6.45, 7) is 6.69. The number of carbonyl (C=O) groups is 2. The minimum absolute atomic E-state index is 0.0464. The van der Waals surface area contributed by atoms with Crippen molar-refractivity contribution in [2.75, 3.05) is 19.6 Å². The Morgan fingerprint density at radius 3 is 2.84 bits per heavy atom. The molecule has 1 atom stereocenters. The fraction of sp³-hybridized carbons (Fsp3) is 0.526. The molecule has 6 nitrogen and oxygen atoms in total. The molecule has 0 radical (unpaired) electrons. The fourth-order valence-corrected chi connectivity index (χ4v) is 3.55. The molecule has 1 aliphatic rings. The Labute approximate surface area is 148 Å². The molecule has 0 aliphatic carbocycles. The van der Waals surface area contributed by atoms with Crippen molar-refractivity contribution < 1.29 is 9.59 Å². The Hall–Kier alpha value is -2.37. The van der Waals surface area contributed by atoms with Crippen LogP contribution in [0.15, 0.2) is 24.3 Å². The molecular formula is C19H26N4O2. The van der Waals surface area contributed by atoms with Crippen molar-refractivity contribution in [3.63, 3.8) is 0 Å². The van der Waals surface area contributed by atoms with E-state index in [2.05, 4.69) is 27.9 Å². The predicted molar refractivity (Wildman–Crippen MR) is 97.1 cm³/mol. The van der Waals surface area contributed by atoms with E-state index in [1.807, 2.05) is 25.1 Å². The maximum atomic E-state index is 12.4. The molecule has 0 bridgehead atoms. The molecule has 1 saturated heterocycles. The van der Waals surface area contributed by atoms with Crippen LogP contribution in [0.1, 0.15) is 32.5 Å². The Kier molecular flexibility index (Phi) is 5.36. The van der Waals surface area contributed by atoms with Gasteiger partial charge in [-0.1, -0.05) is 12.1 Å². The maximum Gasteiger partial charge on any atom is 0.224 e. The second kappa shape index (κ2) is 7.68. The number of nitrogens with one attached hydrogen (secondary N) is 1. The SMILES string of the molecule is CCN1C[C@H](C(=O)NCCc2nc3ccccc3n2CC)CCC1=O. The lowest BCUT2D eigenvalue weighted by molar-refractivity contribution is -0.138. The third-order valence-electron chi connectivity index (χ3n) is 4.95. The average molecular weight is 342 g/mol. The van der Waals surface area contributed by atoms with Crippen LogP contribution >= 0.6 is 0 Å². The highest BCUT2D eigenvalue weighted by molar-refractivity contribution is 5.83. The number of carbonyl (C=O) groups excluding carboxylic acids is 2. The molecule has 0 unspecified atom stereocenters. The van der Waals surface area contributed by atoms with Gasteiger partial charge in [0.15, 0.2) is 0 Å². The van der Waals surface area contributed by atoms with Gasteiger partial charge in [-0.15, -0.1) is 0 Å². The van der Waals surface area contributed by atoms with Crippen molar-refractivity contribution in [3.8, 4) is 0 Å². The van der Waals surface area contributed by atoms with Crippen molar-refractivity contribution in [2.45, 2.75) is 39.7 Å². The van der Waals surface area contributed by atoms with Gasteiger partial charge in [-0.25, -0.2) is 4.98 Å². The molecule has 25 heavy (non-hydrogen) atoms. The summed E-state index contributed by atoms with van der Waals surface area (Å²) >= 11 is 0. The first kappa shape index (κ1) is 17.5. The lowest BCUT2D eigenvalue weighted by atomic mass is 9.96. The van der Waals surface area contributed by atoms with E-state index in [0.29, 0.717) is 38.9 Å². The smallest absolute Gasteiger partial charge is 0.224 e. The van der Waals surface area contributed by atoms with Crippen LogP contribution in [-0.4, -0.2) is 45.9 Å². The molecule has 134 valence electrons. The zero-order valence-corrected chi connectivity index (χ0v) is 15.0. The third kappa shape index (κ3) is 3.67. The number of fused-ring (bicyclic) bond motifs is 1. The normalized spacial score (nSPS) is 17.9. The Morgan fingerprint density at radius 2 is 2.08 bits per heavy atom. The van der Waals surface area contributed by atoms with Crippen molar-refractivity contribution in [3.05, 3.63) is 30.1 Å². The second-order valence-corrected chi connectivity index (χ2v) is 6.47. The zero-order valence-electron chi connectivity index (χ0n) is 15.0. The minimum atomic E-state index is -0.0948. The zero-order chi connectivity index (χ0) is 17.8. The van der Waals surface area contributed by atoms with E-state index in [4.69, 9.17) is 0 Å². The summed E-state index contributed by atoms with van der Waals surface area (Å²) in [5.41, 5.74) is 2.13. The van der Waals surface area contributed by atoms with Gasteiger partial charge >= 0.3 is 0 Å². The van der Waals surface area contributed by atoms with Gasteiger partial charge in [0, 0.05) is 39.0 Å². The van der Waals surface area contributed by atoms with E-state index in [1.54, 1.807) is 4.90 Å². The number of amides is 2. The topological polar surface area (TPSA) is 67.2 Å². The van der Waals surface area contributed by atoms with Gasteiger partial charge in [0.25, 0.3) is 0 Å². The number of hydrogen-bond acceptors (Lipinski definition) is 3. The molecule has 0 spiro atoms. The van der Waals surface area contributed by atoms with Crippen LogP contribution in [0.3, 0.4) is 0 Å². The molecule has 0 saturated carbocycles. The number of benzene rings is 1. The summed E-state index contributed by atoms with van der Waals surface area (Å²) < 4.78 is 2.19. The summed E-state index contributed by atoms with van der Waals surface area (Å²) in [6.07, 6.45) is 1.82. The van der Waals surface area contributed by atoms with Crippen LogP contribution < -0.4 is 5.32 Å². The lowest BCUT2D eigenvalue weighted by Crippen LogP contribution is -2.45. The van der Waals surface area contributed by atoms with E-state index in [1.165, 1.54) is 0 Å². The van der Waals surface area contributed by atoms with Crippen LogP contribution in [0.4, 0.5) is 0 Å². The molecule has 2 heterocycles.